The van der Waals surface area contributed by atoms with Crippen LogP contribution < -0.4 is 5.43 Å². The van der Waals surface area contributed by atoms with Gasteiger partial charge in [-0.3, -0.25) is 4.79 Å². The van der Waals surface area contributed by atoms with Crippen molar-refractivity contribution in [1.82, 2.24) is 9.99 Å². The molecule has 2 heterocycles. The van der Waals surface area contributed by atoms with E-state index in [0.29, 0.717) is 19.8 Å². The predicted molar refractivity (Wildman–Crippen MR) is 108 cm³/mol. The van der Waals surface area contributed by atoms with Crippen molar-refractivity contribution in [3.63, 3.8) is 0 Å². The maximum atomic E-state index is 13.2. The highest BCUT2D eigenvalue weighted by Crippen LogP contribution is 2.23. The van der Waals surface area contributed by atoms with Crippen molar-refractivity contribution < 1.29 is 18.7 Å². The quantitative estimate of drug-likeness (QED) is 0.514. The van der Waals surface area contributed by atoms with E-state index in [9.17, 15) is 9.18 Å². The number of aromatic nitrogens is 1. The van der Waals surface area contributed by atoms with Crippen LogP contribution in [0.15, 0.2) is 59.8 Å². The van der Waals surface area contributed by atoms with Gasteiger partial charge in [0.1, 0.15) is 5.82 Å². The minimum Gasteiger partial charge on any atom is -0.347 e. The molecule has 6 nitrogen and oxygen atoms in total. The molecule has 4 rings (SSSR count). The molecule has 7 heteroatoms. The molecule has 0 atom stereocenters. The molecule has 0 radical (unpaired) electrons. The summed E-state index contributed by atoms with van der Waals surface area (Å²) < 4.78 is 26.1. The molecule has 0 unspecified atom stereocenters. The molecular weight excluding hydrogens is 373 g/mol. The fraction of sp³-hybridized carbons (Fsp3) is 0.273. The van der Waals surface area contributed by atoms with Gasteiger partial charge in [0.15, 0.2) is 5.79 Å². The number of carbonyl (C=O) groups excluding carboxylic acids is 1. The fourth-order valence-electron chi connectivity index (χ4n) is 3.46. The number of rotatable bonds is 6. The van der Waals surface area contributed by atoms with Crippen LogP contribution in [0.1, 0.15) is 24.5 Å². The molecule has 0 bridgehead atoms. The van der Waals surface area contributed by atoms with E-state index < -0.39 is 5.79 Å². The summed E-state index contributed by atoms with van der Waals surface area (Å²) in [6.45, 7) is 3.32. The Kier molecular flexibility index (Phi) is 5.42. The number of fused-ring (bicyclic) bond motifs is 1. The number of carbonyl (C=O) groups is 1. The van der Waals surface area contributed by atoms with Crippen LogP contribution >= 0.6 is 0 Å². The van der Waals surface area contributed by atoms with Gasteiger partial charge in [-0.25, -0.2) is 9.82 Å². The van der Waals surface area contributed by atoms with Crippen LogP contribution in [0.25, 0.3) is 10.9 Å². The topological polar surface area (TPSA) is 64.9 Å². The Bertz CT molecular complexity index is 1040. The molecule has 1 amide bonds. The zero-order chi connectivity index (χ0) is 20.3. The molecule has 0 saturated carbocycles. The smallest absolute Gasteiger partial charge is 0.245 e. The van der Waals surface area contributed by atoms with Crippen LogP contribution in [0.2, 0.25) is 0 Å². The van der Waals surface area contributed by atoms with Gasteiger partial charge in [0, 0.05) is 29.2 Å². The molecule has 1 aromatic heterocycles. The first-order valence-corrected chi connectivity index (χ1v) is 9.45. The molecule has 1 aliphatic rings. The molecule has 0 spiro atoms. The Morgan fingerprint density at radius 2 is 1.93 bits per heavy atom. The van der Waals surface area contributed by atoms with Gasteiger partial charge in [-0.15, -0.1) is 0 Å². The van der Waals surface area contributed by atoms with E-state index in [1.165, 1.54) is 12.1 Å². The lowest BCUT2D eigenvalue weighted by Gasteiger charge is -2.20. The third kappa shape index (κ3) is 4.52. The van der Waals surface area contributed by atoms with Gasteiger partial charge in [0.05, 0.1) is 25.8 Å². The first kappa shape index (κ1) is 19.3. The lowest BCUT2D eigenvalue weighted by molar-refractivity contribution is -0.159. The molecule has 1 aliphatic heterocycles. The molecule has 0 aliphatic carbocycles. The number of amides is 1. The fourth-order valence-corrected chi connectivity index (χ4v) is 3.46. The molecular formula is C22H22FN3O3. The van der Waals surface area contributed by atoms with Crippen molar-refractivity contribution in [2.45, 2.75) is 25.7 Å². The molecule has 2 aromatic carbocycles. The minimum absolute atomic E-state index is 0.0800. The number of hydrogen-bond acceptors (Lipinski definition) is 4. The Hall–Kier alpha value is -3.03. The van der Waals surface area contributed by atoms with Gasteiger partial charge in [0.25, 0.3) is 0 Å². The first-order chi connectivity index (χ1) is 14.0. The number of nitrogens with zero attached hydrogens (tertiary/aromatic N) is 2. The van der Waals surface area contributed by atoms with Crippen molar-refractivity contribution in [1.29, 1.82) is 0 Å². The molecule has 1 N–H and O–H groups in total. The predicted octanol–water partition coefficient (Wildman–Crippen LogP) is 3.43. The van der Waals surface area contributed by atoms with E-state index in [-0.39, 0.29) is 18.1 Å². The number of benzene rings is 2. The summed E-state index contributed by atoms with van der Waals surface area (Å²) >= 11 is 0. The molecule has 1 saturated heterocycles. The lowest BCUT2D eigenvalue weighted by atomic mass is 10.2. The maximum Gasteiger partial charge on any atom is 0.245 e. The normalized spacial score (nSPS) is 15.9. The van der Waals surface area contributed by atoms with Crippen LogP contribution in [0.4, 0.5) is 4.39 Å². The van der Waals surface area contributed by atoms with Crippen LogP contribution in [-0.2, 0) is 20.8 Å². The second-order valence-electron chi connectivity index (χ2n) is 7.16. The van der Waals surface area contributed by atoms with Gasteiger partial charge in [-0.1, -0.05) is 30.3 Å². The summed E-state index contributed by atoms with van der Waals surface area (Å²) in [4.78, 5) is 12.1. The number of nitrogens with one attached hydrogen (secondary N) is 1. The highest BCUT2D eigenvalue weighted by Gasteiger charge is 2.33. The maximum absolute atomic E-state index is 13.2. The van der Waals surface area contributed by atoms with Gasteiger partial charge in [0.2, 0.25) is 5.91 Å². The van der Waals surface area contributed by atoms with Gasteiger partial charge in [-0.05, 0) is 30.7 Å². The van der Waals surface area contributed by atoms with Crippen molar-refractivity contribution in [3.8, 4) is 0 Å². The summed E-state index contributed by atoms with van der Waals surface area (Å²) in [5.74, 6) is -1.41. The van der Waals surface area contributed by atoms with E-state index in [1.54, 1.807) is 25.3 Å². The monoisotopic (exact) mass is 395 g/mol. The van der Waals surface area contributed by atoms with Crippen LogP contribution in [0.5, 0.6) is 0 Å². The first-order valence-electron chi connectivity index (χ1n) is 9.45. The van der Waals surface area contributed by atoms with E-state index >= 15 is 0 Å². The van der Waals surface area contributed by atoms with Crippen molar-refractivity contribution in [2.75, 3.05) is 13.2 Å². The van der Waals surface area contributed by atoms with Crippen LogP contribution in [0.3, 0.4) is 0 Å². The van der Waals surface area contributed by atoms with E-state index in [1.807, 2.05) is 30.5 Å². The number of para-hydroxylation sites is 1. The summed E-state index contributed by atoms with van der Waals surface area (Å²) in [5.41, 5.74) is 5.44. The summed E-state index contributed by atoms with van der Waals surface area (Å²) in [7, 11) is 0. The minimum atomic E-state index is -0.884. The number of hydrazone groups is 1. The Labute approximate surface area is 167 Å². The molecule has 29 heavy (non-hydrogen) atoms. The third-order valence-electron chi connectivity index (χ3n) is 4.86. The van der Waals surface area contributed by atoms with E-state index in [0.717, 1.165) is 22.0 Å². The summed E-state index contributed by atoms with van der Waals surface area (Å²) in [6.07, 6.45) is 3.67. The van der Waals surface area contributed by atoms with Gasteiger partial charge < -0.3 is 14.0 Å². The Balaban J connectivity index is 1.49. The van der Waals surface area contributed by atoms with E-state index in [4.69, 9.17) is 9.47 Å². The zero-order valence-electron chi connectivity index (χ0n) is 16.1. The Morgan fingerprint density at radius 3 is 2.69 bits per heavy atom. The van der Waals surface area contributed by atoms with E-state index in [2.05, 4.69) is 15.1 Å². The highest BCUT2D eigenvalue weighted by molar-refractivity contribution is 5.99. The van der Waals surface area contributed by atoms with Gasteiger partial charge in [-0.2, -0.15) is 5.10 Å². The average Bonchev–Trinajstić information content (AvgIpc) is 3.28. The highest BCUT2D eigenvalue weighted by atomic mass is 19.1. The lowest BCUT2D eigenvalue weighted by Crippen LogP contribution is -2.33. The van der Waals surface area contributed by atoms with Gasteiger partial charge >= 0.3 is 0 Å². The SMILES string of the molecule is CC1(CC(=O)N/N=C\c2cn(Cc3ccc(F)cc3)c3ccccc23)OCCO1. The third-order valence-corrected chi connectivity index (χ3v) is 4.86. The summed E-state index contributed by atoms with van der Waals surface area (Å²) in [5, 5.41) is 5.11. The number of hydrogen-bond donors (Lipinski definition) is 1. The second kappa shape index (κ2) is 8.14. The Morgan fingerprint density at radius 1 is 1.21 bits per heavy atom. The number of ether oxygens (including phenoxy) is 2. The molecule has 150 valence electrons. The molecule has 3 aromatic rings. The standard InChI is InChI=1S/C22H22FN3O3/c1-22(28-10-11-29-22)12-21(27)25-24-13-17-15-26(20-5-3-2-4-19(17)20)14-16-6-8-18(23)9-7-16/h2-9,13,15H,10-12,14H2,1H3,(H,25,27)/b24-13-. The number of halogens is 1. The second-order valence-corrected chi connectivity index (χ2v) is 7.16. The van der Waals surface area contributed by atoms with Crippen molar-refractivity contribution in [2.24, 2.45) is 5.10 Å². The summed E-state index contributed by atoms with van der Waals surface area (Å²) in [6, 6.07) is 14.4. The van der Waals surface area contributed by atoms with Crippen molar-refractivity contribution in [3.05, 3.63) is 71.7 Å². The molecule has 1 fully saturated rings. The zero-order valence-corrected chi connectivity index (χ0v) is 16.1. The van der Waals surface area contributed by atoms with Crippen LogP contribution in [-0.4, -0.2) is 35.7 Å². The average molecular weight is 395 g/mol. The van der Waals surface area contributed by atoms with Crippen molar-refractivity contribution >= 4 is 23.0 Å². The van der Waals surface area contributed by atoms with Crippen LogP contribution in [0, 0.1) is 5.82 Å². The largest absolute Gasteiger partial charge is 0.347 e.